The third-order valence-corrected chi connectivity index (χ3v) is 3.61. The molecule has 0 aromatic carbocycles. The summed E-state index contributed by atoms with van der Waals surface area (Å²) in [7, 11) is 0. The predicted molar refractivity (Wildman–Crippen MR) is 49.7 cm³/mol. The third-order valence-electron chi connectivity index (χ3n) is 3.61. The first kappa shape index (κ1) is 10.9. The minimum Gasteiger partial charge on any atom is -0.330 e. The van der Waals surface area contributed by atoms with Gasteiger partial charge in [-0.05, 0) is 30.7 Å². The van der Waals surface area contributed by atoms with Crippen molar-refractivity contribution in [3.05, 3.63) is 0 Å². The van der Waals surface area contributed by atoms with Gasteiger partial charge in [0.1, 0.15) is 0 Å². The molecule has 0 aliphatic heterocycles. The smallest absolute Gasteiger partial charge is 0.248 e. The Bertz CT molecular complexity index is 168. The highest BCUT2D eigenvalue weighted by Gasteiger charge is 2.43. The average Bonchev–Trinajstić information content (AvgIpc) is 2.05. The van der Waals surface area contributed by atoms with E-state index in [1.165, 1.54) is 0 Å². The molecule has 0 saturated heterocycles. The van der Waals surface area contributed by atoms with Gasteiger partial charge in [-0.3, -0.25) is 0 Å². The molecule has 13 heavy (non-hydrogen) atoms. The number of rotatable bonds is 2. The van der Waals surface area contributed by atoms with Gasteiger partial charge in [0, 0.05) is 12.8 Å². The largest absolute Gasteiger partial charge is 0.330 e. The first-order valence-electron chi connectivity index (χ1n) is 5.00. The number of halogens is 2. The Balaban J connectivity index is 2.63. The molecule has 1 saturated carbocycles. The van der Waals surface area contributed by atoms with Crippen molar-refractivity contribution in [2.45, 2.75) is 45.5 Å². The molecule has 0 bridgehead atoms. The highest BCUT2D eigenvalue weighted by Crippen LogP contribution is 2.46. The predicted octanol–water partition coefficient (Wildman–Crippen LogP) is 2.80. The number of hydrogen-bond donors (Lipinski definition) is 1. The zero-order chi connectivity index (χ0) is 10.1. The van der Waals surface area contributed by atoms with E-state index in [-0.39, 0.29) is 18.3 Å². The van der Waals surface area contributed by atoms with E-state index in [4.69, 9.17) is 5.73 Å². The van der Waals surface area contributed by atoms with Crippen LogP contribution < -0.4 is 5.73 Å². The molecule has 0 atom stereocenters. The first-order chi connectivity index (χ1) is 5.92. The van der Waals surface area contributed by atoms with Crippen LogP contribution in [0.5, 0.6) is 0 Å². The summed E-state index contributed by atoms with van der Waals surface area (Å²) >= 11 is 0. The summed E-state index contributed by atoms with van der Waals surface area (Å²) in [5.41, 5.74) is 5.66. The normalized spacial score (nSPS) is 26.3. The van der Waals surface area contributed by atoms with E-state index < -0.39 is 5.92 Å². The molecule has 0 unspecified atom stereocenters. The average molecular weight is 191 g/mol. The van der Waals surface area contributed by atoms with Gasteiger partial charge in [0.2, 0.25) is 5.92 Å². The zero-order valence-corrected chi connectivity index (χ0v) is 8.45. The van der Waals surface area contributed by atoms with Gasteiger partial charge < -0.3 is 5.73 Å². The summed E-state index contributed by atoms with van der Waals surface area (Å²) in [6, 6.07) is 0. The van der Waals surface area contributed by atoms with E-state index >= 15 is 0 Å². The Kier molecular flexibility index (Phi) is 2.95. The van der Waals surface area contributed by atoms with E-state index in [0.717, 1.165) is 0 Å². The lowest BCUT2D eigenvalue weighted by molar-refractivity contribution is -0.0751. The van der Waals surface area contributed by atoms with Crippen molar-refractivity contribution < 1.29 is 8.78 Å². The van der Waals surface area contributed by atoms with Gasteiger partial charge in [-0.1, -0.05) is 13.8 Å². The van der Waals surface area contributed by atoms with E-state index in [1.807, 2.05) is 0 Å². The molecular weight excluding hydrogens is 172 g/mol. The highest BCUT2D eigenvalue weighted by atomic mass is 19.3. The Hall–Kier alpha value is -0.180. The molecule has 2 N–H and O–H groups in total. The fraction of sp³-hybridized carbons (Fsp3) is 1.00. The Labute approximate surface area is 78.7 Å². The van der Waals surface area contributed by atoms with E-state index in [1.54, 1.807) is 0 Å². The first-order valence-corrected chi connectivity index (χ1v) is 5.00. The highest BCUT2D eigenvalue weighted by molar-refractivity contribution is 4.91. The maximum atomic E-state index is 12.9. The molecule has 0 heterocycles. The van der Waals surface area contributed by atoms with E-state index in [2.05, 4.69) is 13.8 Å². The number of nitrogens with two attached hydrogens (primary N) is 1. The van der Waals surface area contributed by atoms with Crippen molar-refractivity contribution in [1.29, 1.82) is 0 Å². The van der Waals surface area contributed by atoms with Crippen molar-refractivity contribution in [2.24, 2.45) is 17.1 Å². The summed E-state index contributed by atoms with van der Waals surface area (Å²) < 4.78 is 25.8. The fourth-order valence-corrected chi connectivity index (χ4v) is 2.13. The maximum Gasteiger partial charge on any atom is 0.248 e. The molecule has 1 aliphatic rings. The van der Waals surface area contributed by atoms with Gasteiger partial charge in [0.05, 0.1) is 0 Å². The Morgan fingerprint density at radius 1 is 1.15 bits per heavy atom. The van der Waals surface area contributed by atoms with Gasteiger partial charge in [0.25, 0.3) is 0 Å². The quantitative estimate of drug-likeness (QED) is 0.713. The summed E-state index contributed by atoms with van der Waals surface area (Å²) in [5, 5.41) is 0. The monoisotopic (exact) mass is 191 g/mol. The van der Waals surface area contributed by atoms with E-state index in [9.17, 15) is 8.78 Å². The van der Waals surface area contributed by atoms with Crippen LogP contribution in [-0.4, -0.2) is 12.5 Å². The molecule has 0 radical (unpaired) electrons. The maximum absolute atomic E-state index is 12.9. The molecule has 1 nitrogen and oxygen atoms in total. The molecule has 1 fully saturated rings. The van der Waals surface area contributed by atoms with E-state index in [0.29, 0.717) is 25.3 Å². The lowest BCUT2D eigenvalue weighted by Gasteiger charge is -2.42. The van der Waals surface area contributed by atoms with Crippen LogP contribution in [-0.2, 0) is 0 Å². The molecule has 1 rings (SSSR count). The second-order valence-electron chi connectivity index (χ2n) is 4.58. The molecule has 1 aliphatic carbocycles. The molecule has 78 valence electrons. The van der Waals surface area contributed by atoms with Crippen LogP contribution in [0, 0.1) is 11.3 Å². The lowest BCUT2D eigenvalue weighted by Crippen LogP contribution is -2.42. The van der Waals surface area contributed by atoms with Crippen molar-refractivity contribution in [3.8, 4) is 0 Å². The summed E-state index contributed by atoms with van der Waals surface area (Å²) in [6.45, 7) is 4.70. The van der Waals surface area contributed by atoms with Crippen molar-refractivity contribution in [2.75, 3.05) is 6.54 Å². The number of alkyl halides is 2. The third kappa shape index (κ3) is 2.19. The standard InChI is InChI=1S/C10H19F2N/c1-8(2)9(7-13)3-5-10(11,12)6-4-9/h8H,3-7,13H2,1-2H3. The fourth-order valence-electron chi connectivity index (χ4n) is 2.13. The van der Waals surface area contributed by atoms with Gasteiger partial charge in [-0.25, -0.2) is 8.78 Å². The van der Waals surface area contributed by atoms with Crippen LogP contribution in [0.2, 0.25) is 0 Å². The Morgan fingerprint density at radius 3 is 1.92 bits per heavy atom. The summed E-state index contributed by atoms with van der Waals surface area (Å²) in [4.78, 5) is 0. The van der Waals surface area contributed by atoms with Gasteiger partial charge >= 0.3 is 0 Å². The van der Waals surface area contributed by atoms with Crippen molar-refractivity contribution in [3.63, 3.8) is 0 Å². The number of hydrogen-bond acceptors (Lipinski definition) is 1. The topological polar surface area (TPSA) is 26.0 Å². The van der Waals surface area contributed by atoms with Crippen molar-refractivity contribution in [1.82, 2.24) is 0 Å². The minimum atomic E-state index is -2.44. The van der Waals surface area contributed by atoms with Crippen molar-refractivity contribution >= 4 is 0 Å². The van der Waals surface area contributed by atoms with Gasteiger partial charge in [-0.2, -0.15) is 0 Å². The van der Waals surface area contributed by atoms with Crippen LogP contribution in [0.15, 0.2) is 0 Å². The van der Waals surface area contributed by atoms with Crippen LogP contribution in [0.4, 0.5) is 8.78 Å². The Morgan fingerprint density at radius 2 is 1.62 bits per heavy atom. The zero-order valence-electron chi connectivity index (χ0n) is 8.45. The molecule has 0 spiro atoms. The molecule has 0 aromatic rings. The second kappa shape index (κ2) is 3.52. The van der Waals surface area contributed by atoms with Crippen LogP contribution in [0.25, 0.3) is 0 Å². The van der Waals surface area contributed by atoms with Crippen LogP contribution >= 0.6 is 0 Å². The second-order valence-corrected chi connectivity index (χ2v) is 4.58. The SMILES string of the molecule is CC(C)C1(CN)CCC(F)(F)CC1. The minimum absolute atomic E-state index is 0.0162. The molecule has 0 aromatic heterocycles. The van der Waals surface area contributed by atoms with Gasteiger partial charge in [0.15, 0.2) is 0 Å². The van der Waals surface area contributed by atoms with Crippen LogP contribution in [0.1, 0.15) is 39.5 Å². The van der Waals surface area contributed by atoms with Crippen LogP contribution in [0.3, 0.4) is 0 Å². The summed E-state index contributed by atoms with van der Waals surface area (Å²) in [5.74, 6) is -2.03. The molecule has 0 amide bonds. The van der Waals surface area contributed by atoms with Gasteiger partial charge in [-0.15, -0.1) is 0 Å². The molecular formula is C10H19F2N. The summed E-state index contributed by atoms with van der Waals surface area (Å²) in [6.07, 6.45) is 1.19. The molecule has 3 heteroatoms. The lowest BCUT2D eigenvalue weighted by atomic mass is 9.66.